The Balaban J connectivity index is 2.04. The molecule has 0 aliphatic rings. The van der Waals surface area contributed by atoms with Gasteiger partial charge in [-0.15, -0.1) is 0 Å². The van der Waals surface area contributed by atoms with Crippen LogP contribution in [0.1, 0.15) is 24.2 Å². The fourth-order valence-electron chi connectivity index (χ4n) is 1.82. The number of aromatic nitrogens is 1. The van der Waals surface area contributed by atoms with E-state index >= 15 is 0 Å². The number of nitrogens with one attached hydrogen (secondary N) is 1. The van der Waals surface area contributed by atoms with Crippen LogP contribution in [0.15, 0.2) is 35.3 Å². The van der Waals surface area contributed by atoms with E-state index in [0.717, 1.165) is 22.8 Å². The molecule has 1 heterocycles. The van der Waals surface area contributed by atoms with Crippen molar-refractivity contribution in [2.75, 3.05) is 14.2 Å². The minimum Gasteiger partial charge on any atom is -0.493 e. The zero-order chi connectivity index (χ0) is 13.7. The fraction of sp³-hybridized carbons (Fsp3) is 0.357. The molecule has 102 valence electrons. The van der Waals surface area contributed by atoms with E-state index < -0.39 is 0 Å². The predicted octanol–water partition coefficient (Wildman–Crippen LogP) is 2.54. The zero-order valence-electron chi connectivity index (χ0n) is 11.3. The maximum Gasteiger partial charge on any atom is 0.180 e. The lowest BCUT2D eigenvalue weighted by molar-refractivity contribution is 0.354. The summed E-state index contributed by atoms with van der Waals surface area (Å²) in [6.45, 7) is 2.74. The van der Waals surface area contributed by atoms with Gasteiger partial charge < -0.3 is 19.2 Å². The third kappa shape index (κ3) is 3.26. The van der Waals surface area contributed by atoms with Crippen LogP contribution in [-0.2, 0) is 6.54 Å². The number of methoxy groups -OCH3 is 2. The second-order valence-electron chi connectivity index (χ2n) is 4.20. The van der Waals surface area contributed by atoms with Crippen LogP contribution in [0.25, 0.3) is 0 Å². The van der Waals surface area contributed by atoms with Crippen molar-refractivity contribution in [3.8, 4) is 11.5 Å². The van der Waals surface area contributed by atoms with Crippen LogP contribution in [0, 0.1) is 0 Å². The zero-order valence-corrected chi connectivity index (χ0v) is 11.3. The molecule has 1 atom stereocenters. The number of hydrogen-bond donors (Lipinski definition) is 1. The first-order valence-electron chi connectivity index (χ1n) is 6.07. The average molecular weight is 262 g/mol. The van der Waals surface area contributed by atoms with E-state index in [9.17, 15) is 0 Å². The molecule has 5 heteroatoms. The summed E-state index contributed by atoms with van der Waals surface area (Å²) in [5, 5.41) is 3.37. The molecule has 0 bridgehead atoms. The summed E-state index contributed by atoms with van der Waals surface area (Å²) >= 11 is 0. The first-order chi connectivity index (χ1) is 9.24. The van der Waals surface area contributed by atoms with Gasteiger partial charge in [0.05, 0.1) is 19.9 Å². The van der Waals surface area contributed by atoms with E-state index in [0.29, 0.717) is 6.54 Å². The molecule has 2 aromatic rings. The highest BCUT2D eigenvalue weighted by Crippen LogP contribution is 2.29. The van der Waals surface area contributed by atoms with Crippen molar-refractivity contribution in [2.24, 2.45) is 0 Å². The van der Waals surface area contributed by atoms with Gasteiger partial charge in [0.1, 0.15) is 6.26 Å². The number of nitrogens with zero attached hydrogens (tertiary/aromatic N) is 1. The van der Waals surface area contributed by atoms with Gasteiger partial charge in [-0.1, -0.05) is 6.07 Å². The van der Waals surface area contributed by atoms with Crippen LogP contribution in [0.4, 0.5) is 0 Å². The number of benzene rings is 1. The SMILES string of the molecule is COc1ccc(C(C)NCc2cocn2)cc1OC. The number of hydrogen-bond acceptors (Lipinski definition) is 5. The number of ether oxygens (including phenoxy) is 2. The third-order valence-corrected chi connectivity index (χ3v) is 2.98. The van der Waals surface area contributed by atoms with Crippen LogP contribution in [0.3, 0.4) is 0 Å². The average Bonchev–Trinajstić information content (AvgIpc) is 2.97. The summed E-state index contributed by atoms with van der Waals surface area (Å²) in [5.74, 6) is 1.46. The van der Waals surface area contributed by atoms with Crippen molar-refractivity contribution in [1.29, 1.82) is 0 Å². The van der Waals surface area contributed by atoms with Gasteiger partial charge in [0.15, 0.2) is 17.9 Å². The topological polar surface area (TPSA) is 56.5 Å². The summed E-state index contributed by atoms with van der Waals surface area (Å²) in [5.41, 5.74) is 2.01. The monoisotopic (exact) mass is 262 g/mol. The first kappa shape index (κ1) is 13.4. The van der Waals surface area contributed by atoms with Gasteiger partial charge in [0.2, 0.25) is 0 Å². The standard InChI is InChI=1S/C14H18N2O3/c1-10(15-7-12-8-19-9-16-12)11-4-5-13(17-2)14(6-11)18-3/h4-6,8-10,15H,7H2,1-3H3. The molecule has 0 amide bonds. The second kappa shape index (κ2) is 6.24. The van der Waals surface area contributed by atoms with Crippen molar-refractivity contribution in [2.45, 2.75) is 19.5 Å². The minimum absolute atomic E-state index is 0.177. The highest BCUT2D eigenvalue weighted by Gasteiger charge is 2.10. The molecule has 5 nitrogen and oxygen atoms in total. The Morgan fingerprint density at radius 2 is 2.05 bits per heavy atom. The van der Waals surface area contributed by atoms with E-state index in [1.54, 1.807) is 20.5 Å². The van der Waals surface area contributed by atoms with Gasteiger partial charge in [-0.2, -0.15) is 0 Å². The molecule has 0 radical (unpaired) electrons. The van der Waals surface area contributed by atoms with Crippen LogP contribution < -0.4 is 14.8 Å². The van der Waals surface area contributed by atoms with E-state index in [1.165, 1.54) is 6.39 Å². The predicted molar refractivity (Wildman–Crippen MR) is 71.3 cm³/mol. The van der Waals surface area contributed by atoms with Crippen molar-refractivity contribution >= 4 is 0 Å². The van der Waals surface area contributed by atoms with Crippen molar-refractivity contribution in [1.82, 2.24) is 10.3 Å². The Bertz CT molecular complexity index is 511. The molecule has 0 aliphatic carbocycles. The Morgan fingerprint density at radius 1 is 1.26 bits per heavy atom. The molecule has 0 saturated carbocycles. The largest absolute Gasteiger partial charge is 0.493 e. The van der Waals surface area contributed by atoms with Gasteiger partial charge in [-0.3, -0.25) is 0 Å². The van der Waals surface area contributed by atoms with E-state index in [-0.39, 0.29) is 6.04 Å². The van der Waals surface area contributed by atoms with Crippen molar-refractivity contribution < 1.29 is 13.9 Å². The first-order valence-corrected chi connectivity index (χ1v) is 6.07. The highest BCUT2D eigenvalue weighted by molar-refractivity contribution is 5.43. The quantitative estimate of drug-likeness (QED) is 0.867. The summed E-state index contributed by atoms with van der Waals surface area (Å²) in [6, 6.07) is 6.07. The Kier molecular flexibility index (Phi) is 4.41. The maximum atomic E-state index is 5.30. The van der Waals surface area contributed by atoms with Crippen LogP contribution in [0.5, 0.6) is 11.5 Å². The third-order valence-electron chi connectivity index (χ3n) is 2.98. The number of rotatable bonds is 6. The molecule has 1 aromatic carbocycles. The van der Waals surface area contributed by atoms with E-state index in [1.807, 2.05) is 18.2 Å². The smallest absolute Gasteiger partial charge is 0.180 e. The van der Waals surface area contributed by atoms with E-state index in [4.69, 9.17) is 13.9 Å². The minimum atomic E-state index is 0.177. The molecular weight excluding hydrogens is 244 g/mol. The molecular formula is C14H18N2O3. The summed E-state index contributed by atoms with van der Waals surface area (Å²) in [7, 11) is 3.26. The van der Waals surface area contributed by atoms with Crippen LogP contribution >= 0.6 is 0 Å². The van der Waals surface area contributed by atoms with Crippen LogP contribution in [-0.4, -0.2) is 19.2 Å². The Morgan fingerprint density at radius 3 is 2.68 bits per heavy atom. The molecule has 1 aromatic heterocycles. The fourth-order valence-corrected chi connectivity index (χ4v) is 1.82. The van der Waals surface area contributed by atoms with Gasteiger partial charge in [-0.05, 0) is 24.6 Å². The van der Waals surface area contributed by atoms with Crippen LogP contribution in [0.2, 0.25) is 0 Å². The molecule has 0 saturated heterocycles. The Labute approximate surface area is 112 Å². The van der Waals surface area contributed by atoms with Gasteiger partial charge in [0, 0.05) is 12.6 Å². The van der Waals surface area contributed by atoms with Gasteiger partial charge >= 0.3 is 0 Å². The molecule has 1 N–H and O–H groups in total. The summed E-state index contributed by atoms with van der Waals surface area (Å²) < 4.78 is 15.5. The number of oxazole rings is 1. The molecule has 2 rings (SSSR count). The summed E-state index contributed by atoms with van der Waals surface area (Å²) in [4.78, 5) is 4.07. The normalized spacial score (nSPS) is 12.2. The molecule has 1 unspecified atom stereocenters. The molecule has 0 aliphatic heterocycles. The lowest BCUT2D eigenvalue weighted by Crippen LogP contribution is -2.18. The second-order valence-corrected chi connectivity index (χ2v) is 4.20. The van der Waals surface area contributed by atoms with Gasteiger partial charge in [0.25, 0.3) is 0 Å². The highest BCUT2D eigenvalue weighted by atomic mass is 16.5. The van der Waals surface area contributed by atoms with Crippen molar-refractivity contribution in [3.63, 3.8) is 0 Å². The lowest BCUT2D eigenvalue weighted by Gasteiger charge is -2.15. The van der Waals surface area contributed by atoms with E-state index in [2.05, 4.69) is 17.2 Å². The molecule has 19 heavy (non-hydrogen) atoms. The molecule has 0 spiro atoms. The van der Waals surface area contributed by atoms with Crippen molar-refractivity contribution in [3.05, 3.63) is 42.1 Å². The summed E-state index contributed by atoms with van der Waals surface area (Å²) in [6.07, 6.45) is 3.06. The maximum absolute atomic E-state index is 5.30. The molecule has 0 fully saturated rings. The Hall–Kier alpha value is -2.01. The van der Waals surface area contributed by atoms with Gasteiger partial charge in [-0.25, -0.2) is 4.98 Å². The lowest BCUT2D eigenvalue weighted by atomic mass is 10.1.